The Morgan fingerprint density at radius 2 is 0.875 bits per heavy atom. The van der Waals surface area contributed by atoms with Gasteiger partial charge in [-0.3, -0.25) is 0 Å². The molecular weight excluding hydrogens is 736 g/mol. The summed E-state index contributed by atoms with van der Waals surface area (Å²) in [5, 5.41) is 0. The van der Waals surface area contributed by atoms with Crippen LogP contribution < -0.4 is 9.80 Å². The van der Waals surface area contributed by atoms with E-state index in [4.69, 9.17) is 0 Å². The number of benzene rings is 5. The van der Waals surface area contributed by atoms with Gasteiger partial charge in [0, 0.05) is 88.7 Å². The average Bonchev–Trinajstić information content (AvgIpc) is 3.10. The maximum atomic E-state index is 4.64. The fourth-order valence-electron chi connectivity index (χ4n) is 5.09. The minimum absolute atomic E-state index is 0. The number of rotatable bonds is 10. The van der Waals surface area contributed by atoms with Gasteiger partial charge >= 0.3 is 0 Å². The number of anilines is 6. The van der Waals surface area contributed by atoms with Crippen molar-refractivity contribution in [1.82, 2.24) is 4.98 Å². The van der Waals surface area contributed by atoms with Gasteiger partial charge in [-0.15, -0.1) is 37.4 Å². The largest absolute Gasteiger partial charge is 0.334 e. The third-order valence-corrected chi connectivity index (χ3v) is 7.49. The van der Waals surface area contributed by atoms with E-state index in [0.29, 0.717) is 0 Å². The predicted octanol–water partition coefficient (Wildman–Crippen LogP) is 11.4. The number of hydrogen-bond acceptors (Lipinski definition) is 3. The first-order valence-electron chi connectivity index (χ1n) is 15.5. The summed E-state index contributed by atoms with van der Waals surface area (Å²) >= 11 is 0. The molecule has 3 nitrogen and oxygen atoms in total. The summed E-state index contributed by atoms with van der Waals surface area (Å²) in [5.74, 6) is 0.896. The molecule has 1 heterocycles. The molecule has 0 amide bonds. The number of allylic oxidation sites excluding steroid dienone is 2. The first-order chi connectivity index (χ1) is 22.6. The molecule has 234 valence electrons. The van der Waals surface area contributed by atoms with E-state index >= 15 is 0 Å². The molecule has 5 heteroatoms. The predicted molar refractivity (Wildman–Crippen MR) is 195 cm³/mol. The maximum Gasteiger partial charge on any atom is 0.135 e. The van der Waals surface area contributed by atoms with Gasteiger partial charge in [0.2, 0.25) is 0 Å². The van der Waals surface area contributed by atoms with E-state index in [2.05, 4.69) is 151 Å². The molecule has 0 saturated carbocycles. The van der Waals surface area contributed by atoms with Gasteiger partial charge in [0.15, 0.2) is 0 Å². The minimum atomic E-state index is 0. The quantitative estimate of drug-likeness (QED) is 0.102. The summed E-state index contributed by atoms with van der Waals surface area (Å²) in [4.78, 5) is 9.04. The normalized spacial score (nSPS) is 9.88. The molecule has 0 fully saturated rings. The van der Waals surface area contributed by atoms with E-state index < -0.39 is 0 Å². The fraction of sp³-hybridized carbons (Fsp3) is 0.0930. The Morgan fingerprint density at radius 1 is 0.500 bits per heavy atom. The number of hydrogen-bond donors (Lipinski definition) is 0. The van der Waals surface area contributed by atoms with Crippen molar-refractivity contribution in [3.63, 3.8) is 0 Å². The summed E-state index contributed by atoms with van der Waals surface area (Å²) in [6.07, 6.45) is 7.46. The van der Waals surface area contributed by atoms with Crippen LogP contribution >= 0.6 is 0 Å². The van der Waals surface area contributed by atoms with Crippen LogP contribution in [0.15, 0.2) is 165 Å². The molecule has 0 atom stereocenters. The van der Waals surface area contributed by atoms with Crippen LogP contribution in [0.3, 0.4) is 0 Å². The second kappa shape index (κ2) is 20.1. The van der Waals surface area contributed by atoms with Crippen molar-refractivity contribution in [2.45, 2.75) is 26.7 Å². The Labute approximate surface area is 337 Å². The number of aromatic nitrogens is 1. The third kappa shape index (κ3) is 10.8. The van der Waals surface area contributed by atoms with Crippen molar-refractivity contribution < 1.29 is 65.4 Å². The standard InChI is InChI=1S/C22H20N.C21H19N2.2Y/c1-3-7-19-12-16-22(17-13-19)23(20-8-5-4-6-9-20)21-14-10-18(2)11-15-21;1-3-7-18-12-15-21(22-16-18)23(19-8-5-4-6-9-19)20-13-10-17(2)11-14-20;;/h3,5-6,8-17H,1,7H2,2H3;3,5-6,8-16H,1,7H2,2H3;;/q2*-1;;. The number of nitrogens with zero attached hydrogens (tertiary/aromatic N) is 3. The van der Waals surface area contributed by atoms with Crippen molar-refractivity contribution in [2.75, 3.05) is 9.80 Å². The summed E-state index contributed by atoms with van der Waals surface area (Å²) in [6, 6.07) is 52.0. The summed E-state index contributed by atoms with van der Waals surface area (Å²) in [5.41, 5.74) is 10.5. The second-order valence-electron chi connectivity index (χ2n) is 11.0. The van der Waals surface area contributed by atoms with Crippen molar-refractivity contribution in [3.05, 3.63) is 199 Å². The zero-order valence-corrected chi connectivity index (χ0v) is 33.4. The minimum Gasteiger partial charge on any atom is -0.334 e. The van der Waals surface area contributed by atoms with E-state index in [1.54, 1.807) is 0 Å². The average molecular weight is 776 g/mol. The van der Waals surface area contributed by atoms with Gasteiger partial charge in [0.1, 0.15) is 5.82 Å². The maximum absolute atomic E-state index is 4.64. The smallest absolute Gasteiger partial charge is 0.135 e. The zero-order chi connectivity index (χ0) is 32.1. The van der Waals surface area contributed by atoms with Crippen molar-refractivity contribution in [1.29, 1.82) is 0 Å². The Kier molecular flexibility index (Phi) is 16.4. The van der Waals surface area contributed by atoms with E-state index in [0.717, 1.165) is 52.7 Å². The summed E-state index contributed by atoms with van der Waals surface area (Å²) in [6.45, 7) is 11.8. The zero-order valence-electron chi connectivity index (χ0n) is 27.8. The third-order valence-electron chi connectivity index (χ3n) is 7.49. The van der Waals surface area contributed by atoms with Crippen molar-refractivity contribution in [2.24, 2.45) is 0 Å². The molecule has 0 N–H and O–H groups in total. The van der Waals surface area contributed by atoms with E-state index in [1.165, 1.54) is 16.7 Å². The molecule has 0 unspecified atom stereocenters. The molecule has 1 aromatic heterocycles. The molecule has 0 aliphatic heterocycles. The monoisotopic (exact) mass is 775 g/mol. The molecule has 6 rings (SSSR count). The van der Waals surface area contributed by atoms with E-state index in [9.17, 15) is 0 Å². The van der Waals surface area contributed by atoms with Crippen LogP contribution in [-0.4, -0.2) is 4.98 Å². The fourth-order valence-corrected chi connectivity index (χ4v) is 5.09. The molecular formula is C43H39N3Y2-2. The topological polar surface area (TPSA) is 19.4 Å². The van der Waals surface area contributed by atoms with Crippen LogP contribution in [0.1, 0.15) is 22.3 Å². The number of aryl methyl sites for hydroxylation is 2. The Hall–Kier alpha value is -3.46. The van der Waals surface area contributed by atoms with Gasteiger partial charge in [-0.1, -0.05) is 77.1 Å². The van der Waals surface area contributed by atoms with Crippen LogP contribution in [0.4, 0.5) is 34.3 Å². The van der Waals surface area contributed by atoms with E-state index in [-0.39, 0.29) is 65.4 Å². The van der Waals surface area contributed by atoms with Crippen LogP contribution in [0, 0.1) is 26.0 Å². The molecule has 0 aliphatic carbocycles. The molecule has 6 aromatic rings. The van der Waals surface area contributed by atoms with Crippen LogP contribution in [0.5, 0.6) is 0 Å². The first-order valence-corrected chi connectivity index (χ1v) is 15.5. The van der Waals surface area contributed by atoms with Crippen LogP contribution in [-0.2, 0) is 78.3 Å². The molecule has 0 bridgehead atoms. The SMILES string of the molecule is C=CCc1ccc(N(c2cc[c-]cc2)c2ccc(C)cc2)cc1.C=CCc1ccc(N(c2cc[c-]cc2)c2ccc(C)cc2)nc1.[Y].[Y]. The Bertz CT molecular complexity index is 1670. The molecule has 2 radical (unpaired) electrons. The van der Waals surface area contributed by atoms with Gasteiger partial charge in [-0.2, -0.15) is 36.4 Å². The van der Waals surface area contributed by atoms with Crippen LogP contribution in [0.2, 0.25) is 0 Å². The Balaban J connectivity index is 0.000000250. The number of pyridine rings is 1. The summed E-state index contributed by atoms with van der Waals surface area (Å²) < 4.78 is 0. The van der Waals surface area contributed by atoms with Gasteiger partial charge in [-0.25, -0.2) is 4.98 Å². The Morgan fingerprint density at radius 3 is 1.31 bits per heavy atom. The first kappa shape index (κ1) is 39.0. The molecule has 5 aromatic carbocycles. The van der Waals surface area contributed by atoms with Gasteiger partial charge in [0.25, 0.3) is 0 Å². The summed E-state index contributed by atoms with van der Waals surface area (Å²) in [7, 11) is 0. The molecule has 48 heavy (non-hydrogen) atoms. The molecule has 0 saturated heterocycles. The second-order valence-corrected chi connectivity index (χ2v) is 11.0. The van der Waals surface area contributed by atoms with Crippen LogP contribution in [0.25, 0.3) is 0 Å². The molecule has 0 aliphatic rings. The van der Waals surface area contributed by atoms with Crippen molar-refractivity contribution in [3.8, 4) is 0 Å². The van der Waals surface area contributed by atoms with Gasteiger partial charge < -0.3 is 9.80 Å². The molecule has 0 spiro atoms. The van der Waals surface area contributed by atoms with E-state index in [1.807, 2.05) is 54.7 Å². The van der Waals surface area contributed by atoms with Gasteiger partial charge in [-0.05, 0) is 80.3 Å². The van der Waals surface area contributed by atoms with Gasteiger partial charge in [0.05, 0.1) is 0 Å². The van der Waals surface area contributed by atoms with Crippen molar-refractivity contribution >= 4 is 34.3 Å².